The Morgan fingerprint density at radius 2 is 0.468 bits per heavy atom. The molecule has 1 saturated heterocycles. The molecule has 1 heterocycles. The van der Waals surface area contributed by atoms with Crippen molar-refractivity contribution in [1.29, 1.82) is 0 Å². The van der Waals surface area contributed by atoms with Crippen LogP contribution in [0.25, 0.3) is 0 Å². The Balaban J connectivity index is 3.90. The molecule has 0 bridgehead atoms. The van der Waals surface area contributed by atoms with Gasteiger partial charge in [-0.3, -0.25) is 0 Å². The van der Waals surface area contributed by atoms with Crippen LogP contribution in [0.15, 0.2) is 0 Å². The first-order valence-corrected chi connectivity index (χ1v) is 10.4. The van der Waals surface area contributed by atoms with Gasteiger partial charge in [-0.05, 0) is 0 Å². The van der Waals surface area contributed by atoms with Gasteiger partial charge in [0, 0.05) is 6.42 Å². The van der Waals surface area contributed by atoms with E-state index in [0.29, 0.717) is 0 Å². The maximum absolute atomic E-state index is 13.8. The van der Waals surface area contributed by atoms with E-state index in [1.54, 1.807) is 0 Å². The number of ether oxygens (including phenoxy) is 1. The molecule has 0 aliphatic carbocycles. The molecule has 0 radical (unpaired) electrons. The van der Waals surface area contributed by atoms with Crippen LogP contribution in [0, 0.1) is 0 Å². The van der Waals surface area contributed by atoms with Crippen molar-refractivity contribution >= 4 is 0 Å². The number of rotatable bonds is 14. The summed E-state index contributed by atoms with van der Waals surface area (Å²) in [5, 5.41) is 0. The van der Waals surface area contributed by atoms with E-state index in [9.17, 15) is 127 Å². The van der Waals surface area contributed by atoms with E-state index >= 15 is 0 Å². The van der Waals surface area contributed by atoms with Gasteiger partial charge in [0.1, 0.15) is 0 Å². The lowest BCUT2D eigenvalue weighted by Gasteiger charge is -2.46. The molecule has 282 valence electrons. The molecular formula is C17H5F29O. The number of hydrogen-bond acceptors (Lipinski definition) is 1. The van der Waals surface area contributed by atoms with E-state index < -0.39 is 102 Å². The van der Waals surface area contributed by atoms with Gasteiger partial charge < -0.3 is 4.74 Å². The average molecular weight is 776 g/mol. The largest absolute Gasteiger partial charge is 0.460 e. The lowest BCUT2D eigenvalue weighted by molar-refractivity contribution is -0.487. The van der Waals surface area contributed by atoms with Gasteiger partial charge in [-0.25, -0.2) is 0 Å². The van der Waals surface area contributed by atoms with Crippen molar-refractivity contribution in [1.82, 2.24) is 0 Å². The zero-order valence-corrected chi connectivity index (χ0v) is 20.4. The smallest absolute Gasteiger partial charge is 0.373 e. The Morgan fingerprint density at radius 3 is 0.638 bits per heavy atom. The SMILES string of the molecule is FC(F)(F)C(F)(F)C(F)(F)C(F)(F)C(F)(F)C(F)(F)C(F)(F)C(F)(F)C(F)(F)C(F)(F)C(F)(F)C(F)(F)C(F)(F)C(F)(F)CC1CO1. The van der Waals surface area contributed by atoms with Crippen molar-refractivity contribution < 1.29 is 132 Å². The molecule has 0 aromatic carbocycles. The first kappa shape index (κ1) is 43.0. The third-order valence-corrected chi connectivity index (χ3v) is 6.04. The highest BCUT2D eigenvalue weighted by Gasteiger charge is 3.00. The predicted molar refractivity (Wildman–Crippen MR) is 84.7 cm³/mol. The average Bonchev–Trinajstić information content (AvgIpc) is 3.65. The summed E-state index contributed by atoms with van der Waals surface area (Å²) in [6.45, 7) is -1.10. The maximum atomic E-state index is 13.8. The van der Waals surface area contributed by atoms with Crippen LogP contribution in [0.4, 0.5) is 127 Å². The lowest BCUT2D eigenvalue weighted by Crippen LogP contribution is -2.79. The fourth-order valence-corrected chi connectivity index (χ4v) is 2.98. The summed E-state index contributed by atoms with van der Waals surface area (Å²) in [7, 11) is 0. The van der Waals surface area contributed by atoms with Crippen molar-refractivity contribution in [3.63, 3.8) is 0 Å². The Bertz CT molecular complexity index is 1150. The van der Waals surface area contributed by atoms with E-state index in [0.717, 1.165) is 0 Å². The first-order chi connectivity index (χ1) is 19.8. The third kappa shape index (κ3) is 5.11. The van der Waals surface area contributed by atoms with Crippen LogP contribution in [0.5, 0.6) is 0 Å². The van der Waals surface area contributed by atoms with Crippen LogP contribution in [-0.2, 0) is 4.74 Å². The van der Waals surface area contributed by atoms with Crippen molar-refractivity contribution in [2.45, 2.75) is 95.7 Å². The summed E-state index contributed by atoms with van der Waals surface area (Å²) in [5.74, 6) is -120. The Morgan fingerprint density at radius 1 is 0.298 bits per heavy atom. The summed E-state index contributed by atoms with van der Waals surface area (Å²) in [6.07, 6.45) is -13.5. The summed E-state index contributed by atoms with van der Waals surface area (Å²) in [4.78, 5) is 0. The van der Waals surface area contributed by atoms with E-state index in [1.807, 2.05) is 0 Å². The molecule has 0 aromatic heterocycles. The minimum atomic E-state index is -9.91. The van der Waals surface area contributed by atoms with Crippen LogP contribution in [0.2, 0.25) is 0 Å². The molecule has 1 rings (SSSR count). The minimum Gasteiger partial charge on any atom is -0.373 e. The molecule has 1 aliphatic heterocycles. The molecule has 1 atom stereocenters. The molecule has 1 nitrogen and oxygen atoms in total. The number of alkyl halides is 29. The van der Waals surface area contributed by atoms with Gasteiger partial charge in [0.25, 0.3) is 0 Å². The molecule has 0 N–H and O–H groups in total. The normalized spacial score (nSPS) is 19.7. The topological polar surface area (TPSA) is 12.5 Å². The fraction of sp³-hybridized carbons (Fsp3) is 1.00. The summed E-state index contributed by atoms with van der Waals surface area (Å²) >= 11 is 0. The highest BCUT2D eigenvalue weighted by Crippen LogP contribution is 2.69. The van der Waals surface area contributed by atoms with E-state index in [1.165, 1.54) is 0 Å². The van der Waals surface area contributed by atoms with Gasteiger partial charge in [-0.2, -0.15) is 127 Å². The Hall–Kier alpha value is -2.07. The van der Waals surface area contributed by atoms with E-state index in [4.69, 9.17) is 0 Å². The molecular weight excluding hydrogens is 771 g/mol. The van der Waals surface area contributed by atoms with E-state index in [2.05, 4.69) is 4.74 Å². The monoisotopic (exact) mass is 776 g/mol. The lowest BCUT2D eigenvalue weighted by atomic mass is 9.83. The van der Waals surface area contributed by atoms with Crippen LogP contribution < -0.4 is 0 Å². The standard InChI is InChI=1S/C17H5F29O/c18-4(19,1-3-2-47-3)5(20,21)6(22,23)7(24,25)8(26,27)9(28,29)10(30,31)11(32,33)12(34,35)13(36,37)14(38,39)15(40,41)16(42,43)17(44,45)46/h3H,1-2H2. The van der Waals surface area contributed by atoms with Gasteiger partial charge in [0.15, 0.2) is 0 Å². The van der Waals surface area contributed by atoms with Crippen LogP contribution >= 0.6 is 0 Å². The van der Waals surface area contributed by atoms with Crippen molar-refractivity contribution in [2.24, 2.45) is 0 Å². The second-order valence-corrected chi connectivity index (χ2v) is 9.25. The molecule has 1 aliphatic rings. The highest BCUT2D eigenvalue weighted by molar-refractivity contribution is 5.21. The van der Waals surface area contributed by atoms with Gasteiger partial charge in [0.05, 0.1) is 12.7 Å². The summed E-state index contributed by atoms with van der Waals surface area (Å²) in [5.41, 5.74) is 0. The molecule has 0 saturated carbocycles. The molecule has 0 spiro atoms. The predicted octanol–water partition coefficient (Wildman–Crippen LogP) is 9.60. The second-order valence-electron chi connectivity index (χ2n) is 9.25. The summed E-state index contributed by atoms with van der Waals surface area (Å²) < 4.78 is 392. The van der Waals surface area contributed by atoms with Crippen molar-refractivity contribution in [3.05, 3.63) is 0 Å². The third-order valence-electron chi connectivity index (χ3n) is 6.04. The number of epoxide rings is 1. The van der Waals surface area contributed by atoms with Crippen molar-refractivity contribution in [2.75, 3.05) is 6.61 Å². The van der Waals surface area contributed by atoms with E-state index in [-0.39, 0.29) is 0 Å². The molecule has 1 fully saturated rings. The molecule has 30 heteroatoms. The molecule has 0 aromatic rings. The zero-order chi connectivity index (χ0) is 38.7. The van der Waals surface area contributed by atoms with Gasteiger partial charge in [-0.1, -0.05) is 0 Å². The van der Waals surface area contributed by atoms with Gasteiger partial charge >= 0.3 is 83.2 Å². The Kier molecular flexibility index (Phi) is 9.57. The summed E-state index contributed by atoms with van der Waals surface area (Å²) in [6, 6.07) is 0. The molecule has 1 unspecified atom stereocenters. The quantitative estimate of drug-likeness (QED) is 0.127. The van der Waals surface area contributed by atoms with Crippen LogP contribution in [0.3, 0.4) is 0 Å². The zero-order valence-electron chi connectivity index (χ0n) is 20.4. The van der Waals surface area contributed by atoms with Crippen molar-refractivity contribution in [3.8, 4) is 0 Å². The minimum absolute atomic E-state index is 1.10. The second kappa shape index (κ2) is 10.5. The fourth-order valence-electron chi connectivity index (χ4n) is 2.98. The number of hydrogen-bond donors (Lipinski definition) is 0. The molecule has 0 amide bonds. The Labute approximate surface area is 235 Å². The van der Waals surface area contributed by atoms with Gasteiger partial charge in [0.2, 0.25) is 0 Å². The maximum Gasteiger partial charge on any atom is 0.460 e. The highest BCUT2D eigenvalue weighted by atomic mass is 19.4. The van der Waals surface area contributed by atoms with Crippen LogP contribution in [0.1, 0.15) is 6.42 Å². The van der Waals surface area contributed by atoms with Crippen LogP contribution in [-0.4, -0.2) is 95.9 Å². The van der Waals surface area contributed by atoms with Gasteiger partial charge in [-0.15, -0.1) is 0 Å². The first-order valence-electron chi connectivity index (χ1n) is 10.4. The molecule has 47 heavy (non-hydrogen) atoms. The number of halogens is 29.